The lowest BCUT2D eigenvalue weighted by atomic mass is 10.0. The first-order valence-electron chi connectivity index (χ1n) is 8.53. The van der Waals surface area contributed by atoms with Gasteiger partial charge in [-0.25, -0.2) is 13.2 Å². The minimum absolute atomic E-state index is 0.0373. The molecule has 178 valence electrons. The van der Waals surface area contributed by atoms with E-state index in [0.717, 1.165) is 30.3 Å². The number of carbonyl (C=O) groups is 1. The van der Waals surface area contributed by atoms with E-state index >= 15 is 0 Å². The molecule has 1 aliphatic rings. The van der Waals surface area contributed by atoms with E-state index in [1.54, 1.807) is 0 Å². The van der Waals surface area contributed by atoms with E-state index in [1.165, 1.54) is 16.9 Å². The summed E-state index contributed by atoms with van der Waals surface area (Å²) in [7, 11) is -10.1. The van der Waals surface area contributed by atoms with Crippen LogP contribution in [-0.4, -0.2) is 33.4 Å². The average molecular weight is 546 g/mol. The van der Waals surface area contributed by atoms with Crippen LogP contribution in [0.25, 0.3) is 0 Å². The maximum absolute atomic E-state index is 12.8. The molecule has 3 rings (SSSR count). The standard InChI is InChI=1S/C17H12Cl2F3N3O6S2/c18-8-5-11(19)15-12(6-8)23-14(16(26)27)7-13(15)25-32(28,29)10-3-1-9(2-4-10)24-33(30,31)17(20,21)22/h1-7,13,23-25H,(H,26,27). The number of aliphatic carboxylic acids is 1. The fraction of sp³-hybridized carbons (Fsp3) is 0.118. The summed E-state index contributed by atoms with van der Waals surface area (Å²) in [6, 6.07) is 4.80. The number of benzene rings is 2. The van der Waals surface area contributed by atoms with Gasteiger partial charge in [0.15, 0.2) is 0 Å². The first kappa shape index (κ1) is 25.1. The van der Waals surface area contributed by atoms with Crippen LogP contribution in [0.3, 0.4) is 0 Å². The highest BCUT2D eigenvalue weighted by atomic mass is 35.5. The van der Waals surface area contributed by atoms with Crippen molar-refractivity contribution in [2.24, 2.45) is 0 Å². The van der Waals surface area contributed by atoms with Crippen LogP contribution in [0.4, 0.5) is 24.5 Å². The molecule has 0 spiro atoms. The highest BCUT2D eigenvalue weighted by Crippen LogP contribution is 2.39. The van der Waals surface area contributed by atoms with Gasteiger partial charge in [0, 0.05) is 27.0 Å². The molecule has 16 heteroatoms. The molecule has 0 amide bonds. The largest absolute Gasteiger partial charge is 0.516 e. The molecule has 1 unspecified atom stereocenters. The number of halogens is 5. The molecule has 1 atom stereocenters. The molecule has 0 fully saturated rings. The van der Waals surface area contributed by atoms with Crippen LogP contribution in [-0.2, 0) is 24.8 Å². The maximum atomic E-state index is 12.8. The molecule has 1 aliphatic heterocycles. The second-order valence-corrected chi connectivity index (χ2v) is 10.8. The molecule has 0 saturated carbocycles. The number of rotatable bonds is 6. The zero-order valence-corrected chi connectivity index (χ0v) is 19.0. The van der Waals surface area contributed by atoms with E-state index in [4.69, 9.17) is 23.2 Å². The monoisotopic (exact) mass is 545 g/mol. The molecule has 0 saturated heterocycles. The van der Waals surface area contributed by atoms with Crippen molar-refractivity contribution in [1.82, 2.24) is 4.72 Å². The van der Waals surface area contributed by atoms with E-state index < -0.39 is 48.1 Å². The van der Waals surface area contributed by atoms with Gasteiger partial charge in [-0.3, -0.25) is 4.72 Å². The van der Waals surface area contributed by atoms with Crippen molar-refractivity contribution in [2.45, 2.75) is 16.4 Å². The van der Waals surface area contributed by atoms with Gasteiger partial charge in [0.1, 0.15) is 5.70 Å². The number of alkyl halides is 3. The summed E-state index contributed by atoms with van der Waals surface area (Å²) < 4.78 is 89.0. The minimum Gasteiger partial charge on any atom is -0.477 e. The van der Waals surface area contributed by atoms with Gasteiger partial charge in [0.25, 0.3) is 0 Å². The second-order valence-electron chi connectivity index (χ2n) is 6.53. The van der Waals surface area contributed by atoms with Gasteiger partial charge in [-0.05, 0) is 42.5 Å². The van der Waals surface area contributed by atoms with Crippen molar-refractivity contribution in [3.63, 3.8) is 0 Å². The third-order valence-electron chi connectivity index (χ3n) is 4.24. The molecule has 9 nitrogen and oxygen atoms in total. The minimum atomic E-state index is -5.69. The SMILES string of the molecule is O=C(O)C1=CC(NS(=O)(=O)c2ccc(NS(=O)(=O)C(F)(F)F)cc2)c2c(Cl)cc(Cl)cc2N1. The van der Waals surface area contributed by atoms with E-state index in [-0.39, 0.29) is 27.0 Å². The Hall–Kier alpha value is -2.52. The maximum Gasteiger partial charge on any atom is 0.516 e. The molecule has 0 radical (unpaired) electrons. The molecule has 0 aromatic heterocycles. The first-order valence-corrected chi connectivity index (χ1v) is 12.3. The van der Waals surface area contributed by atoms with Crippen LogP contribution in [0.5, 0.6) is 0 Å². The number of fused-ring (bicyclic) bond motifs is 1. The Morgan fingerprint density at radius 1 is 1.06 bits per heavy atom. The molecular weight excluding hydrogens is 534 g/mol. The lowest BCUT2D eigenvalue weighted by Crippen LogP contribution is -2.32. The van der Waals surface area contributed by atoms with Crippen LogP contribution in [0.1, 0.15) is 11.6 Å². The van der Waals surface area contributed by atoms with Gasteiger partial charge in [-0.1, -0.05) is 23.2 Å². The number of carboxylic acids is 1. The van der Waals surface area contributed by atoms with Crippen molar-refractivity contribution in [3.05, 3.63) is 63.8 Å². The summed E-state index contributed by atoms with van der Waals surface area (Å²) in [5, 5.41) is 12.1. The Balaban J connectivity index is 1.93. The zero-order chi connectivity index (χ0) is 24.8. The highest BCUT2D eigenvalue weighted by Gasteiger charge is 2.46. The molecule has 0 aliphatic carbocycles. The quantitative estimate of drug-likeness (QED) is 0.433. The average Bonchev–Trinajstić information content (AvgIpc) is 2.66. The normalized spacial score (nSPS) is 16.4. The number of hydrogen-bond donors (Lipinski definition) is 4. The summed E-state index contributed by atoms with van der Waals surface area (Å²) >= 11 is 12.1. The summed E-state index contributed by atoms with van der Waals surface area (Å²) in [6.45, 7) is 0. The van der Waals surface area contributed by atoms with Crippen LogP contribution in [0, 0.1) is 0 Å². The van der Waals surface area contributed by atoms with Gasteiger partial charge in [-0.15, -0.1) is 0 Å². The predicted molar refractivity (Wildman–Crippen MR) is 114 cm³/mol. The fourth-order valence-electron chi connectivity index (χ4n) is 2.81. The fourth-order valence-corrected chi connectivity index (χ4v) is 5.13. The third kappa shape index (κ3) is 5.35. The molecule has 33 heavy (non-hydrogen) atoms. The number of anilines is 2. The Labute approximate surface area is 195 Å². The Morgan fingerprint density at radius 2 is 1.67 bits per heavy atom. The zero-order valence-electron chi connectivity index (χ0n) is 15.8. The van der Waals surface area contributed by atoms with E-state index in [0.29, 0.717) is 0 Å². The molecule has 1 heterocycles. The third-order valence-corrected chi connectivity index (χ3v) is 7.34. The summed E-state index contributed by atoms with van der Waals surface area (Å²) in [4.78, 5) is 11.0. The predicted octanol–water partition coefficient (Wildman–Crippen LogP) is 3.67. The number of sulfonamides is 2. The van der Waals surface area contributed by atoms with Crippen molar-refractivity contribution in [3.8, 4) is 0 Å². The second kappa shape index (κ2) is 8.68. The summed E-state index contributed by atoms with van der Waals surface area (Å²) in [5.74, 6) is -1.39. The Morgan fingerprint density at radius 3 is 2.21 bits per heavy atom. The lowest BCUT2D eigenvalue weighted by Gasteiger charge is -2.26. The summed E-state index contributed by atoms with van der Waals surface area (Å²) in [5.41, 5.74) is -6.10. The van der Waals surface area contributed by atoms with Gasteiger partial charge < -0.3 is 10.4 Å². The van der Waals surface area contributed by atoms with Crippen LogP contribution >= 0.6 is 23.2 Å². The van der Waals surface area contributed by atoms with Gasteiger partial charge in [-0.2, -0.15) is 26.3 Å². The lowest BCUT2D eigenvalue weighted by molar-refractivity contribution is -0.132. The van der Waals surface area contributed by atoms with E-state index in [1.807, 2.05) is 0 Å². The van der Waals surface area contributed by atoms with Crippen LogP contribution < -0.4 is 14.8 Å². The molecular formula is C17H12Cl2F3N3O6S2. The van der Waals surface area contributed by atoms with Crippen molar-refractivity contribution >= 4 is 60.6 Å². The summed E-state index contributed by atoms with van der Waals surface area (Å²) in [6.07, 6.45) is 1.06. The van der Waals surface area contributed by atoms with Crippen LogP contribution in [0.2, 0.25) is 10.0 Å². The van der Waals surface area contributed by atoms with Crippen molar-refractivity contribution in [2.75, 3.05) is 10.0 Å². The van der Waals surface area contributed by atoms with Crippen LogP contribution in [0.15, 0.2) is 53.1 Å². The highest BCUT2D eigenvalue weighted by molar-refractivity contribution is 7.93. The first-order chi connectivity index (χ1) is 15.1. The van der Waals surface area contributed by atoms with E-state index in [2.05, 4.69) is 10.0 Å². The molecule has 2 aromatic rings. The van der Waals surface area contributed by atoms with Crippen molar-refractivity contribution < 1.29 is 39.9 Å². The van der Waals surface area contributed by atoms with Gasteiger partial charge >= 0.3 is 21.5 Å². The van der Waals surface area contributed by atoms with Gasteiger partial charge in [0.2, 0.25) is 10.0 Å². The van der Waals surface area contributed by atoms with Crippen molar-refractivity contribution in [1.29, 1.82) is 0 Å². The molecule has 4 N–H and O–H groups in total. The number of nitrogens with one attached hydrogen (secondary N) is 3. The Bertz CT molecular complexity index is 1360. The van der Waals surface area contributed by atoms with E-state index in [9.17, 15) is 39.9 Å². The van der Waals surface area contributed by atoms with Gasteiger partial charge in [0.05, 0.1) is 10.9 Å². The number of hydrogen-bond acceptors (Lipinski definition) is 6. The molecule has 2 aromatic carbocycles. The smallest absolute Gasteiger partial charge is 0.477 e. The topological polar surface area (TPSA) is 142 Å². The number of carboxylic acid groups (broad SMARTS) is 1. The Kier molecular flexibility index (Phi) is 6.61. The molecule has 0 bridgehead atoms.